The minimum Gasteiger partial charge on any atom is -0.392 e. The Kier molecular flexibility index (Phi) is 3.00. The first-order chi connectivity index (χ1) is 5.92. The molecule has 0 saturated carbocycles. The zero-order valence-electron chi connectivity index (χ0n) is 9.07. The molecule has 5 unspecified atom stereocenters. The predicted molar refractivity (Wildman–Crippen MR) is 50.3 cm³/mol. The fourth-order valence-corrected chi connectivity index (χ4v) is 1.86. The molecule has 5 atom stereocenters. The van der Waals surface area contributed by atoms with Crippen LogP contribution in [0.4, 0.5) is 0 Å². The van der Waals surface area contributed by atoms with E-state index in [-0.39, 0.29) is 24.0 Å². The molecule has 0 aromatic carbocycles. The third kappa shape index (κ3) is 1.73. The molecule has 0 aromatic rings. The van der Waals surface area contributed by atoms with Crippen LogP contribution in [0.3, 0.4) is 0 Å². The van der Waals surface area contributed by atoms with E-state index in [4.69, 9.17) is 9.47 Å². The second-order valence-corrected chi connectivity index (χ2v) is 4.18. The number of rotatable bonds is 1. The average Bonchev–Trinajstić information content (AvgIpc) is 2.12. The molecule has 0 amide bonds. The van der Waals surface area contributed by atoms with E-state index in [9.17, 15) is 5.11 Å². The lowest BCUT2D eigenvalue weighted by atomic mass is 9.82. The maximum atomic E-state index is 9.92. The van der Waals surface area contributed by atoms with E-state index in [1.54, 1.807) is 7.11 Å². The molecule has 3 heteroatoms. The van der Waals surface area contributed by atoms with Crippen molar-refractivity contribution in [2.75, 3.05) is 7.11 Å². The van der Waals surface area contributed by atoms with E-state index >= 15 is 0 Å². The Morgan fingerprint density at radius 3 is 2.31 bits per heavy atom. The lowest BCUT2D eigenvalue weighted by molar-refractivity contribution is -0.314. The van der Waals surface area contributed by atoms with Gasteiger partial charge in [-0.1, -0.05) is 13.8 Å². The van der Waals surface area contributed by atoms with Gasteiger partial charge in [-0.2, -0.15) is 0 Å². The summed E-state index contributed by atoms with van der Waals surface area (Å²) in [4.78, 5) is 0. The Hall–Kier alpha value is -0.120. The molecular formula is C10H20O3. The van der Waals surface area contributed by atoms with Crippen molar-refractivity contribution in [2.45, 2.75) is 45.7 Å². The van der Waals surface area contributed by atoms with Crippen LogP contribution in [0.2, 0.25) is 0 Å². The van der Waals surface area contributed by atoms with Crippen molar-refractivity contribution in [3.8, 4) is 0 Å². The largest absolute Gasteiger partial charge is 0.392 e. The minimum atomic E-state index is -0.647. The third-order valence-corrected chi connectivity index (χ3v) is 3.44. The first-order valence-corrected chi connectivity index (χ1v) is 4.83. The van der Waals surface area contributed by atoms with Gasteiger partial charge < -0.3 is 14.6 Å². The summed E-state index contributed by atoms with van der Waals surface area (Å²) in [6, 6.07) is 0. The van der Waals surface area contributed by atoms with Gasteiger partial charge in [-0.15, -0.1) is 0 Å². The summed E-state index contributed by atoms with van der Waals surface area (Å²) in [7, 11) is 1.62. The minimum absolute atomic E-state index is 0.00343. The molecular weight excluding hydrogens is 168 g/mol. The van der Waals surface area contributed by atoms with E-state index in [0.717, 1.165) is 0 Å². The van der Waals surface area contributed by atoms with Crippen molar-refractivity contribution in [1.82, 2.24) is 0 Å². The molecule has 3 nitrogen and oxygen atoms in total. The van der Waals surface area contributed by atoms with Gasteiger partial charge >= 0.3 is 0 Å². The third-order valence-electron chi connectivity index (χ3n) is 3.44. The summed E-state index contributed by atoms with van der Waals surface area (Å²) >= 11 is 0. The van der Waals surface area contributed by atoms with Crippen LogP contribution in [0.5, 0.6) is 0 Å². The van der Waals surface area contributed by atoms with Crippen molar-refractivity contribution in [2.24, 2.45) is 11.8 Å². The van der Waals surface area contributed by atoms with Crippen molar-refractivity contribution in [1.29, 1.82) is 0 Å². The first kappa shape index (κ1) is 11.0. The molecule has 1 saturated heterocycles. The molecule has 0 radical (unpaired) electrons. The highest BCUT2D eigenvalue weighted by atomic mass is 16.7. The number of hydrogen-bond donors (Lipinski definition) is 1. The molecule has 1 heterocycles. The second kappa shape index (κ2) is 3.56. The van der Waals surface area contributed by atoms with Gasteiger partial charge in [0.15, 0.2) is 5.79 Å². The van der Waals surface area contributed by atoms with Crippen molar-refractivity contribution in [3.05, 3.63) is 0 Å². The predicted octanol–water partition coefficient (Wildman–Crippen LogP) is 1.40. The van der Waals surface area contributed by atoms with Gasteiger partial charge in [0.2, 0.25) is 0 Å². The normalized spacial score (nSPS) is 52.2. The summed E-state index contributed by atoms with van der Waals surface area (Å²) in [6.45, 7) is 7.80. The lowest BCUT2D eigenvalue weighted by Crippen LogP contribution is -2.55. The number of aliphatic hydroxyl groups excluding tert-OH is 1. The van der Waals surface area contributed by atoms with Crippen LogP contribution in [0.1, 0.15) is 27.7 Å². The summed E-state index contributed by atoms with van der Waals surface area (Å²) < 4.78 is 11.0. The van der Waals surface area contributed by atoms with Crippen LogP contribution in [-0.2, 0) is 9.47 Å². The number of methoxy groups -OCH3 is 1. The fraction of sp³-hybridized carbons (Fsp3) is 1.00. The molecule has 78 valence electrons. The van der Waals surface area contributed by atoms with E-state index < -0.39 is 5.79 Å². The monoisotopic (exact) mass is 188 g/mol. The fourth-order valence-electron chi connectivity index (χ4n) is 1.86. The average molecular weight is 188 g/mol. The number of aliphatic hydroxyl groups is 1. The van der Waals surface area contributed by atoms with Gasteiger partial charge in [0, 0.05) is 18.9 Å². The van der Waals surface area contributed by atoms with Crippen LogP contribution in [0.15, 0.2) is 0 Å². The molecule has 1 aliphatic rings. The molecule has 0 spiro atoms. The molecule has 1 N–H and O–H groups in total. The highest BCUT2D eigenvalue weighted by Gasteiger charge is 2.46. The van der Waals surface area contributed by atoms with Gasteiger partial charge in [0.1, 0.15) is 0 Å². The van der Waals surface area contributed by atoms with Crippen LogP contribution < -0.4 is 0 Å². The Labute approximate surface area is 80.0 Å². The van der Waals surface area contributed by atoms with Gasteiger partial charge in [-0.25, -0.2) is 0 Å². The van der Waals surface area contributed by atoms with Gasteiger partial charge in [0.25, 0.3) is 0 Å². The smallest absolute Gasteiger partial charge is 0.170 e. The van der Waals surface area contributed by atoms with Gasteiger partial charge in [-0.05, 0) is 13.8 Å². The number of hydrogen-bond acceptors (Lipinski definition) is 3. The highest BCUT2D eigenvalue weighted by molar-refractivity contribution is 4.89. The van der Waals surface area contributed by atoms with Crippen LogP contribution in [-0.4, -0.2) is 30.2 Å². The number of ether oxygens (including phenoxy) is 2. The summed E-state index contributed by atoms with van der Waals surface area (Å²) in [6.07, 6.45) is -0.315. The van der Waals surface area contributed by atoms with E-state index in [1.165, 1.54) is 0 Å². The van der Waals surface area contributed by atoms with Crippen molar-refractivity contribution in [3.63, 3.8) is 0 Å². The molecule has 1 rings (SSSR count). The van der Waals surface area contributed by atoms with E-state index in [0.29, 0.717) is 0 Å². The van der Waals surface area contributed by atoms with E-state index in [2.05, 4.69) is 0 Å². The van der Waals surface area contributed by atoms with Crippen LogP contribution in [0, 0.1) is 11.8 Å². The zero-order valence-corrected chi connectivity index (χ0v) is 9.07. The SMILES string of the molecule is COC1(C)OC(C)C(C)C(O)C1C. The second-order valence-electron chi connectivity index (χ2n) is 4.18. The summed E-state index contributed by atoms with van der Waals surface area (Å²) in [5.41, 5.74) is 0. The Balaban J connectivity index is 2.82. The van der Waals surface area contributed by atoms with Crippen molar-refractivity contribution >= 4 is 0 Å². The maximum absolute atomic E-state index is 9.92. The highest BCUT2D eigenvalue weighted by Crippen LogP contribution is 2.37. The zero-order chi connectivity index (χ0) is 10.2. The molecule has 13 heavy (non-hydrogen) atoms. The van der Waals surface area contributed by atoms with E-state index in [1.807, 2.05) is 27.7 Å². The quantitative estimate of drug-likeness (QED) is 0.676. The lowest BCUT2D eigenvalue weighted by Gasteiger charge is -2.47. The summed E-state index contributed by atoms with van der Waals surface area (Å²) in [5.74, 6) is -0.479. The Morgan fingerprint density at radius 2 is 1.85 bits per heavy atom. The van der Waals surface area contributed by atoms with Crippen molar-refractivity contribution < 1.29 is 14.6 Å². The Morgan fingerprint density at radius 1 is 1.31 bits per heavy atom. The maximum Gasteiger partial charge on any atom is 0.170 e. The van der Waals surface area contributed by atoms with Gasteiger partial charge in [0.05, 0.1) is 12.2 Å². The first-order valence-electron chi connectivity index (χ1n) is 4.83. The van der Waals surface area contributed by atoms with Crippen LogP contribution >= 0.6 is 0 Å². The molecule has 0 aliphatic carbocycles. The summed E-state index contributed by atoms with van der Waals surface area (Å²) in [5, 5.41) is 9.92. The molecule has 1 fully saturated rings. The van der Waals surface area contributed by atoms with Crippen LogP contribution in [0.25, 0.3) is 0 Å². The van der Waals surface area contributed by atoms with Gasteiger partial charge in [-0.3, -0.25) is 0 Å². The molecule has 1 aliphatic heterocycles. The molecule has 0 bridgehead atoms. The molecule has 0 aromatic heterocycles. The topological polar surface area (TPSA) is 38.7 Å². The standard InChI is InChI=1S/C10H20O3/c1-6-8(3)13-10(4,12-5)7(2)9(6)11/h6-9,11H,1-5H3. The Bertz CT molecular complexity index is 183.